The molecule has 0 spiro atoms. The number of benzene rings is 1. The highest BCUT2D eigenvalue weighted by Crippen LogP contribution is 2.11. The number of rotatable bonds is 5. The van der Waals surface area contributed by atoms with Crippen molar-refractivity contribution in [2.75, 3.05) is 38.6 Å². The van der Waals surface area contributed by atoms with Crippen molar-refractivity contribution in [1.29, 1.82) is 0 Å². The third-order valence-electron chi connectivity index (χ3n) is 3.26. The topological polar surface area (TPSA) is 41.6 Å². The zero-order valence-corrected chi connectivity index (χ0v) is 10.8. The number of hydrogen-bond donors (Lipinski definition) is 1. The monoisotopic (exact) mass is 248 g/mol. The fraction of sp³-hybridized carbons (Fsp3) is 0.500. The molecular weight excluding hydrogens is 228 g/mol. The molecule has 4 nitrogen and oxygen atoms in total. The lowest BCUT2D eigenvalue weighted by atomic mass is 10.2. The van der Waals surface area contributed by atoms with Gasteiger partial charge in [-0.05, 0) is 50.2 Å². The molecule has 1 aromatic carbocycles. The van der Waals surface area contributed by atoms with Crippen LogP contribution in [0.2, 0.25) is 0 Å². The number of likely N-dealkylation sites (tertiary alicyclic amines) is 1. The molecule has 1 N–H and O–H groups in total. The molecule has 1 aliphatic heterocycles. The minimum Gasteiger partial charge on any atom is -0.465 e. The highest BCUT2D eigenvalue weighted by Gasteiger charge is 2.10. The molecular formula is C14H20N2O2. The molecule has 0 aliphatic carbocycles. The Morgan fingerprint density at radius 3 is 2.56 bits per heavy atom. The Hall–Kier alpha value is -1.55. The van der Waals surface area contributed by atoms with Crippen molar-refractivity contribution in [2.45, 2.75) is 12.8 Å². The summed E-state index contributed by atoms with van der Waals surface area (Å²) in [6, 6.07) is 7.39. The first kappa shape index (κ1) is 12.9. The van der Waals surface area contributed by atoms with Gasteiger partial charge in [0, 0.05) is 18.8 Å². The van der Waals surface area contributed by atoms with Gasteiger partial charge >= 0.3 is 5.97 Å². The van der Waals surface area contributed by atoms with Gasteiger partial charge in [0.1, 0.15) is 0 Å². The summed E-state index contributed by atoms with van der Waals surface area (Å²) in [5.74, 6) is -0.293. The lowest BCUT2D eigenvalue weighted by Crippen LogP contribution is -2.25. The number of anilines is 1. The van der Waals surface area contributed by atoms with Gasteiger partial charge in [0.2, 0.25) is 0 Å². The molecule has 0 aromatic heterocycles. The maximum Gasteiger partial charge on any atom is 0.337 e. The van der Waals surface area contributed by atoms with Crippen LogP contribution in [0.15, 0.2) is 24.3 Å². The van der Waals surface area contributed by atoms with E-state index in [1.54, 1.807) is 12.1 Å². The standard InChI is InChI=1S/C14H20N2O2/c1-18-14(17)12-4-6-13(7-5-12)15-8-11-16-9-2-3-10-16/h4-7,15H,2-3,8-11H2,1H3. The zero-order chi connectivity index (χ0) is 12.8. The van der Waals surface area contributed by atoms with Gasteiger partial charge in [-0.1, -0.05) is 0 Å². The van der Waals surface area contributed by atoms with E-state index in [4.69, 9.17) is 0 Å². The van der Waals surface area contributed by atoms with Crippen molar-refractivity contribution in [3.05, 3.63) is 29.8 Å². The number of esters is 1. The lowest BCUT2D eigenvalue weighted by molar-refractivity contribution is 0.0601. The van der Waals surface area contributed by atoms with Crippen LogP contribution in [0.3, 0.4) is 0 Å². The number of methoxy groups -OCH3 is 1. The second-order valence-electron chi connectivity index (χ2n) is 4.54. The van der Waals surface area contributed by atoms with Crippen LogP contribution in [0.25, 0.3) is 0 Å². The first-order chi connectivity index (χ1) is 8.79. The maximum atomic E-state index is 11.3. The lowest BCUT2D eigenvalue weighted by Gasteiger charge is -2.15. The first-order valence-electron chi connectivity index (χ1n) is 6.44. The Kier molecular flexibility index (Phi) is 4.59. The average molecular weight is 248 g/mol. The number of carbonyl (C=O) groups excluding carboxylic acids is 1. The molecule has 1 aliphatic rings. The third-order valence-corrected chi connectivity index (χ3v) is 3.26. The molecule has 1 fully saturated rings. The van der Waals surface area contributed by atoms with E-state index >= 15 is 0 Å². The minimum absolute atomic E-state index is 0.293. The van der Waals surface area contributed by atoms with Gasteiger partial charge in [0.05, 0.1) is 12.7 Å². The predicted octanol–water partition coefficient (Wildman–Crippen LogP) is 1.98. The third kappa shape index (κ3) is 3.47. The number of hydrogen-bond acceptors (Lipinski definition) is 4. The van der Waals surface area contributed by atoms with Crippen molar-refractivity contribution in [3.8, 4) is 0 Å². The summed E-state index contributed by atoms with van der Waals surface area (Å²) in [5.41, 5.74) is 1.63. The number of ether oxygens (including phenoxy) is 1. The van der Waals surface area contributed by atoms with E-state index in [1.165, 1.54) is 33.0 Å². The van der Waals surface area contributed by atoms with Gasteiger partial charge < -0.3 is 15.0 Å². The molecule has 18 heavy (non-hydrogen) atoms. The fourth-order valence-electron chi connectivity index (χ4n) is 2.21. The van der Waals surface area contributed by atoms with Crippen molar-refractivity contribution < 1.29 is 9.53 Å². The van der Waals surface area contributed by atoms with Crippen molar-refractivity contribution in [1.82, 2.24) is 4.90 Å². The van der Waals surface area contributed by atoms with Crippen LogP contribution in [0, 0.1) is 0 Å². The Morgan fingerprint density at radius 2 is 1.94 bits per heavy atom. The summed E-state index contributed by atoms with van der Waals surface area (Å²) in [6.07, 6.45) is 2.65. The second kappa shape index (κ2) is 6.40. The summed E-state index contributed by atoms with van der Waals surface area (Å²) in [6.45, 7) is 4.47. The van der Waals surface area contributed by atoms with Crippen LogP contribution in [0.4, 0.5) is 5.69 Å². The van der Waals surface area contributed by atoms with Gasteiger partial charge in [-0.3, -0.25) is 0 Å². The van der Waals surface area contributed by atoms with E-state index in [-0.39, 0.29) is 5.97 Å². The molecule has 0 bridgehead atoms. The van der Waals surface area contributed by atoms with E-state index in [9.17, 15) is 4.79 Å². The Bertz CT molecular complexity index is 383. The second-order valence-corrected chi connectivity index (χ2v) is 4.54. The van der Waals surface area contributed by atoms with E-state index in [1.807, 2.05) is 12.1 Å². The molecule has 4 heteroatoms. The molecule has 1 saturated heterocycles. The summed E-state index contributed by atoms with van der Waals surface area (Å²) in [5, 5.41) is 3.36. The van der Waals surface area contributed by atoms with Crippen LogP contribution in [0.1, 0.15) is 23.2 Å². The van der Waals surface area contributed by atoms with Gasteiger partial charge in [-0.2, -0.15) is 0 Å². The first-order valence-corrected chi connectivity index (χ1v) is 6.44. The molecule has 98 valence electrons. The molecule has 2 rings (SSSR count). The molecule has 0 atom stereocenters. The number of carbonyl (C=O) groups is 1. The van der Waals surface area contributed by atoms with E-state index < -0.39 is 0 Å². The highest BCUT2D eigenvalue weighted by molar-refractivity contribution is 5.89. The quantitative estimate of drug-likeness (QED) is 0.809. The summed E-state index contributed by atoms with van der Waals surface area (Å²) < 4.78 is 4.66. The number of nitrogens with zero attached hydrogens (tertiary/aromatic N) is 1. The molecule has 0 saturated carbocycles. The maximum absolute atomic E-state index is 11.3. The normalized spacial score (nSPS) is 15.6. The van der Waals surface area contributed by atoms with Gasteiger partial charge in [0.15, 0.2) is 0 Å². The minimum atomic E-state index is -0.293. The largest absolute Gasteiger partial charge is 0.465 e. The van der Waals surface area contributed by atoms with E-state index in [0.29, 0.717) is 5.56 Å². The smallest absolute Gasteiger partial charge is 0.337 e. The highest BCUT2D eigenvalue weighted by atomic mass is 16.5. The van der Waals surface area contributed by atoms with E-state index in [0.717, 1.165) is 18.8 Å². The van der Waals surface area contributed by atoms with Crippen molar-refractivity contribution in [2.24, 2.45) is 0 Å². The van der Waals surface area contributed by atoms with Crippen LogP contribution < -0.4 is 5.32 Å². The summed E-state index contributed by atoms with van der Waals surface area (Å²) in [7, 11) is 1.39. The van der Waals surface area contributed by atoms with Crippen molar-refractivity contribution in [3.63, 3.8) is 0 Å². The Morgan fingerprint density at radius 1 is 1.28 bits per heavy atom. The molecule has 0 unspecified atom stereocenters. The van der Waals surface area contributed by atoms with Crippen LogP contribution in [-0.4, -0.2) is 44.2 Å². The van der Waals surface area contributed by atoms with Gasteiger partial charge in [-0.15, -0.1) is 0 Å². The van der Waals surface area contributed by atoms with Gasteiger partial charge in [0.25, 0.3) is 0 Å². The van der Waals surface area contributed by atoms with Crippen LogP contribution in [-0.2, 0) is 4.74 Å². The Labute approximate surface area is 108 Å². The molecule has 1 heterocycles. The summed E-state index contributed by atoms with van der Waals surface area (Å²) in [4.78, 5) is 13.7. The van der Waals surface area contributed by atoms with Crippen LogP contribution >= 0.6 is 0 Å². The number of nitrogens with one attached hydrogen (secondary N) is 1. The molecule has 0 amide bonds. The zero-order valence-electron chi connectivity index (χ0n) is 10.8. The van der Waals surface area contributed by atoms with Crippen molar-refractivity contribution >= 4 is 11.7 Å². The van der Waals surface area contributed by atoms with Gasteiger partial charge in [-0.25, -0.2) is 4.79 Å². The van der Waals surface area contributed by atoms with E-state index in [2.05, 4.69) is 15.0 Å². The summed E-state index contributed by atoms with van der Waals surface area (Å²) >= 11 is 0. The SMILES string of the molecule is COC(=O)c1ccc(NCCN2CCCC2)cc1. The average Bonchev–Trinajstić information content (AvgIpc) is 2.92. The fourth-order valence-corrected chi connectivity index (χ4v) is 2.21. The van der Waals surface area contributed by atoms with Crippen LogP contribution in [0.5, 0.6) is 0 Å². The molecule has 1 aromatic rings. The Balaban J connectivity index is 1.77. The molecule has 0 radical (unpaired) electrons. The predicted molar refractivity (Wildman–Crippen MR) is 71.9 cm³/mol.